The normalized spacial score (nSPS) is 14.6. The van der Waals surface area contributed by atoms with Gasteiger partial charge in [0, 0.05) is 31.9 Å². The summed E-state index contributed by atoms with van der Waals surface area (Å²) in [5, 5.41) is 3.10. The third kappa shape index (κ3) is 5.56. The molecule has 0 bridgehead atoms. The number of nitrogens with zero attached hydrogens (tertiary/aromatic N) is 4. The molecule has 180 valence electrons. The van der Waals surface area contributed by atoms with E-state index in [4.69, 9.17) is 0 Å². The Labute approximate surface area is 201 Å². The molecule has 1 aliphatic rings. The predicted molar refractivity (Wildman–Crippen MR) is 129 cm³/mol. The van der Waals surface area contributed by atoms with Gasteiger partial charge in [-0.05, 0) is 30.2 Å². The van der Waals surface area contributed by atoms with Crippen LogP contribution in [0.2, 0.25) is 0 Å². The predicted octanol–water partition coefficient (Wildman–Crippen LogP) is 3.87. The van der Waals surface area contributed by atoms with E-state index < -0.39 is 6.55 Å². The molecule has 2 amide bonds. The zero-order valence-corrected chi connectivity index (χ0v) is 19.7. The molecule has 1 fully saturated rings. The van der Waals surface area contributed by atoms with Gasteiger partial charge in [-0.25, -0.2) is 4.98 Å². The average molecular weight is 488 g/mol. The van der Waals surface area contributed by atoms with E-state index >= 15 is 0 Å². The Morgan fingerprint density at radius 1 is 1.06 bits per heavy atom. The third-order valence-electron chi connectivity index (χ3n) is 5.85. The van der Waals surface area contributed by atoms with Gasteiger partial charge in [0.2, 0.25) is 11.8 Å². The van der Waals surface area contributed by atoms with Crippen molar-refractivity contribution in [1.29, 1.82) is 0 Å². The van der Waals surface area contributed by atoms with Crippen LogP contribution in [0, 0.1) is 0 Å². The van der Waals surface area contributed by atoms with Crippen molar-refractivity contribution in [2.24, 2.45) is 0 Å². The average Bonchev–Trinajstić information content (AvgIpc) is 3.22. The molecule has 0 radical (unpaired) electrons. The van der Waals surface area contributed by atoms with Crippen molar-refractivity contribution >= 4 is 40.3 Å². The number of hydrogen-bond acceptors (Lipinski definition) is 5. The second-order valence-corrected chi connectivity index (χ2v) is 8.98. The van der Waals surface area contributed by atoms with Crippen LogP contribution < -0.4 is 5.32 Å². The number of alkyl halides is 2. The minimum Gasteiger partial charge on any atom is -0.339 e. The summed E-state index contributed by atoms with van der Waals surface area (Å²) in [6.45, 7) is 1.70. The minimum absolute atomic E-state index is 0.0321. The fourth-order valence-corrected chi connectivity index (χ4v) is 4.94. The molecule has 0 saturated carbocycles. The van der Waals surface area contributed by atoms with Gasteiger partial charge >= 0.3 is 6.55 Å². The van der Waals surface area contributed by atoms with E-state index in [0.29, 0.717) is 37.2 Å². The minimum atomic E-state index is -2.73. The van der Waals surface area contributed by atoms with Gasteiger partial charge in [-0.3, -0.25) is 19.1 Å². The molecule has 3 aromatic rings. The zero-order chi connectivity index (χ0) is 24.1. The molecule has 0 atom stereocenters. The summed E-state index contributed by atoms with van der Waals surface area (Å²) in [4.78, 5) is 33.2. The topological polar surface area (TPSA) is 70.5 Å². The van der Waals surface area contributed by atoms with Gasteiger partial charge in [0.15, 0.2) is 5.16 Å². The van der Waals surface area contributed by atoms with Crippen LogP contribution in [0.15, 0.2) is 53.7 Å². The van der Waals surface area contributed by atoms with E-state index in [2.05, 4.69) is 10.3 Å². The maximum absolute atomic E-state index is 13.6. The van der Waals surface area contributed by atoms with Gasteiger partial charge in [-0.15, -0.1) is 0 Å². The smallest absolute Gasteiger partial charge is 0.321 e. The van der Waals surface area contributed by atoms with Crippen LogP contribution in [0.1, 0.15) is 19.0 Å². The fourth-order valence-electron chi connectivity index (χ4n) is 4.03. The monoisotopic (exact) mass is 487 g/mol. The first-order valence-electron chi connectivity index (χ1n) is 11.2. The lowest BCUT2D eigenvalue weighted by molar-refractivity contribution is -0.130. The number of amides is 2. The molecule has 2 aromatic carbocycles. The molecule has 0 aliphatic carbocycles. The molecule has 0 spiro atoms. The molecule has 1 aromatic heterocycles. The van der Waals surface area contributed by atoms with E-state index in [1.807, 2.05) is 36.1 Å². The highest BCUT2D eigenvalue weighted by atomic mass is 32.2. The van der Waals surface area contributed by atoms with Crippen molar-refractivity contribution in [3.8, 4) is 0 Å². The van der Waals surface area contributed by atoms with Gasteiger partial charge in [0.1, 0.15) is 0 Å². The number of imidazole rings is 1. The van der Waals surface area contributed by atoms with Crippen LogP contribution in [0.3, 0.4) is 0 Å². The number of carbonyl (C=O) groups is 2. The molecule has 34 heavy (non-hydrogen) atoms. The number of benzene rings is 2. The van der Waals surface area contributed by atoms with Crippen LogP contribution in [0.4, 0.5) is 14.5 Å². The first-order chi connectivity index (χ1) is 16.5. The molecule has 1 aliphatic heterocycles. The molecule has 1 saturated heterocycles. The number of halogens is 2. The number of anilines is 1. The Balaban J connectivity index is 1.27. The zero-order valence-electron chi connectivity index (χ0n) is 18.9. The number of aryl methyl sites for hydroxylation is 1. The fraction of sp³-hybridized carbons (Fsp3) is 0.375. The van der Waals surface area contributed by atoms with Gasteiger partial charge in [0.05, 0.1) is 23.3 Å². The Hall–Kier alpha value is -2.98. The largest absolute Gasteiger partial charge is 0.339 e. The number of carbonyl (C=O) groups excluding carboxylic acids is 2. The standard InChI is InChI=1S/C24H27F2N5O2S/c1-2-17-7-3-4-8-18(17)27-21(32)15-29-11-13-30(14-12-29)22(33)16-34-24-28-19-9-5-6-10-20(19)31(24)23(25)26/h3-10,23H,2,11-16H2,1H3,(H,27,32). The van der Waals surface area contributed by atoms with E-state index in [0.717, 1.165) is 34.0 Å². The second kappa shape index (κ2) is 11.0. The summed E-state index contributed by atoms with van der Waals surface area (Å²) >= 11 is 1.02. The van der Waals surface area contributed by atoms with Crippen molar-refractivity contribution in [2.75, 3.05) is 43.8 Å². The highest BCUT2D eigenvalue weighted by Crippen LogP contribution is 2.29. The maximum Gasteiger partial charge on any atom is 0.321 e. The summed E-state index contributed by atoms with van der Waals surface area (Å²) in [5.41, 5.74) is 2.74. The van der Waals surface area contributed by atoms with E-state index in [1.54, 1.807) is 29.2 Å². The van der Waals surface area contributed by atoms with Crippen molar-refractivity contribution in [3.63, 3.8) is 0 Å². The summed E-state index contributed by atoms with van der Waals surface area (Å²) < 4.78 is 28.0. The maximum atomic E-state index is 13.6. The van der Waals surface area contributed by atoms with Gasteiger partial charge in [-0.1, -0.05) is 49.0 Å². The SMILES string of the molecule is CCc1ccccc1NC(=O)CN1CCN(C(=O)CSc2nc3ccccc3n2C(F)F)CC1. The number of fused-ring (bicyclic) bond motifs is 1. The first-order valence-corrected chi connectivity index (χ1v) is 12.2. The lowest BCUT2D eigenvalue weighted by Crippen LogP contribution is -2.50. The lowest BCUT2D eigenvalue weighted by atomic mass is 10.1. The number of aromatic nitrogens is 2. The Kier molecular flexibility index (Phi) is 7.79. The Morgan fingerprint density at radius 3 is 2.50 bits per heavy atom. The molecular weight excluding hydrogens is 460 g/mol. The summed E-state index contributed by atoms with van der Waals surface area (Å²) in [6.07, 6.45) is 0.836. The van der Waals surface area contributed by atoms with Gasteiger partial charge < -0.3 is 10.2 Å². The van der Waals surface area contributed by atoms with Crippen LogP contribution in [-0.4, -0.2) is 69.6 Å². The second-order valence-electron chi connectivity index (χ2n) is 8.04. The molecule has 1 N–H and O–H groups in total. The van der Waals surface area contributed by atoms with Crippen LogP contribution in [0.5, 0.6) is 0 Å². The number of piperazine rings is 1. The van der Waals surface area contributed by atoms with Crippen molar-refractivity contribution in [1.82, 2.24) is 19.4 Å². The first kappa shape index (κ1) is 24.2. The van der Waals surface area contributed by atoms with E-state index in [9.17, 15) is 18.4 Å². The summed E-state index contributed by atoms with van der Waals surface area (Å²) in [5.74, 6) is -0.175. The number of hydrogen-bond donors (Lipinski definition) is 1. The Bertz CT molecular complexity index is 1160. The molecule has 0 unspecified atom stereocenters. The van der Waals surface area contributed by atoms with Gasteiger partial charge in [0.25, 0.3) is 0 Å². The molecule has 10 heteroatoms. The highest BCUT2D eigenvalue weighted by molar-refractivity contribution is 7.99. The van der Waals surface area contributed by atoms with Crippen molar-refractivity contribution in [2.45, 2.75) is 25.1 Å². The van der Waals surface area contributed by atoms with Crippen LogP contribution in [0.25, 0.3) is 11.0 Å². The van der Waals surface area contributed by atoms with Crippen molar-refractivity contribution in [3.05, 3.63) is 54.1 Å². The van der Waals surface area contributed by atoms with E-state index in [-0.39, 0.29) is 29.3 Å². The molecule has 2 heterocycles. The molecular formula is C24H27F2N5O2S. The summed E-state index contributed by atoms with van der Waals surface area (Å²) in [7, 11) is 0. The molecule has 4 rings (SSSR count). The molecule has 7 nitrogen and oxygen atoms in total. The third-order valence-corrected chi connectivity index (χ3v) is 6.79. The highest BCUT2D eigenvalue weighted by Gasteiger charge is 2.24. The number of nitrogens with one attached hydrogen (secondary N) is 1. The lowest BCUT2D eigenvalue weighted by Gasteiger charge is -2.34. The summed E-state index contributed by atoms with van der Waals surface area (Å²) in [6, 6.07) is 14.4. The number of rotatable bonds is 8. The van der Waals surface area contributed by atoms with Crippen LogP contribution in [-0.2, 0) is 16.0 Å². The van der Waals surface area contributed by atoms with Crippen LogP contribution >= 0.6 is 11.8 Å². The Morgan fingerprint density at radius 2 is 1.76 bits per heavy atom. The quantitative estimate of drug-likeness (QED) is 0.489. The number of thioether (sulfide) groups is 1. The van der Waals surface area contributed by atoms with E-state index in [1.165, 1.54) is 0 Å². The van der Waals surface area contributed by atoms with Gasteiger partial charge in [-0.2, -0.15) is 8.78 Å². The van der Waals surface area contributed by atoms with Crippen molar-refractivity contribution < 1.29 is 18.4 Å². The number of para-hydroxylation sites is 3.